The highest BCUT2D eigenvalue weighted by molar-refractivity contribution is 6.13. The number of aldehydes is 1. The lowest BCUT2D eigenvalue weighted by Crippen LogP contribution is -2.02. The normalized spacial score (nSPS) is 11.3. The Balaban J connectivity index is 2.40. The minimum Gasteiger partial charge on any atom is -0.450 e. The lowest BCUT2D eigenvalue weighted by atomic mass is 10.1. The van der Waals surface area contributed by atoms with E-state index in [9.17, 15) is 13.6 Å². The fraction of sp³-hybridized carbons (Fsp3) is 0.0769. The zero-order valence-corrected chi connectivity index (χ0v) is 9.47. The number of pyridine rings is 1. The Labute approximate surface area is 105 Å². The molecule has 0 aliphatic rings. The number of aromatic nitrogens is 1. The van der Waals surface area contributed by atoms with Crippen LogP contribution in [0.3, 0.4) is 0 Å². The van der Waals surface area contributed by atoms with Crippen LogP contribution in [0.25, 0.3) is 21.9 Å². The summed E-state index contributed by atoms with van der Waals surface area (Å²) in [5, 5.41) is 1.08. The molecule has 3 rings (SSSR count). The molecule has 2 aromatic heterocycles. The van der Waals surface area contributed by atoms with E-state index in [1.807, 2.05) is 0 Å². The number of nitrogens with zero attached hydrogens (tertiary/aromatic N) is 1. The quantitative estimate of drug-likeness (QED) is 0.679. The molecule has 0 saturated heterocycles. The van der Waals surface area contributed by atoms with Crippen LogP contribution >= 0.6 is 0 Å². The molecule has 6 heteroatoms. The first-order valence-electron chi connectivity index (χ1n) is 5.40. The van der Waals surface area contributed by atoms with Crippen molar-refractivity contribution in [2.45, 2.75) is 6.61 Å². The number of hydrogen-bond donors (Lipinski definition) is 0. The molecule has 0 atom stereocenters. The lowest BCUT2D eigenvalue weighted by Gasteiger charge is -2.05. The standard InChI is InChI=1S/C13H7F2NO3/c14-13(15)19-9-2-1-7(6-17)11-8-3-4-16-5-10(8)18-12(9)11/h1-6,13H. The minimum atomic E-state index is -2.96. The smallest absolute Gasteiger partial charge is 0.387 e. The van der Waals surface area contributed by atoms with Gasteiger partial charge in [-0.1, -0.05) is 0 Å². The van der Waals surface area contributed by atoms with Gasteiger partial charge >= 0.3 is 6.61 Å². The number of benzene rings is 1. The Morgan fingerprint density at radius 1 is 1.32 bits per heavy atom. The summed E-state index contributed by atoms with van der Waals surface area (Å²) in [5.41, 5.74) is 0.875. The summed E-state index contributed by atoms with van der Waals surface area (Å²) in [7, 11) is 0. The van der Waals surface area contributed by atoms with Gasteiger partial charge in [0.2, 0.25) is 0 Å². The topological polar surface area (TPSA) is 52.3 Å². The average Bonchev–Trinajstić information content (AvgIpc) is 2.79. The summed E-state index contributed by atoms with van der Waals surface area (Å²) in [5.74, 6) is -0.105. The number of halogens is 2. The van der Waals surface area contributed by atoms with Crippen LogP contribution in [-0.2, 0) is 0 Å². The van der Waals surface area contributed by atoms with Crippen LogP contribution in [0.1, 0.15) is 10.4 Å². The fourth-order valence-corrected chi connectivity index (χ4v) is 2.02. The number of alkyl halides is 2. The lowest BCUT2D eigenvalue weighted by molar-refractivity contribution is -0.0493. The number of fused-ring (bicyclic) bond motifs is 3. The van der Waals surface area contributed by atoms with E-state index in [0.29, 0.717) is 28.2 Å². The van der Waals surface area contributed by atoms with Gasteiger partial charge in [0.25, 0.3) is 0 Å². The molecule has 4 nitrogen and oxygen atoms in total. The minimum absolute atomic E-state index is 0.105. The summed E-state index contributed by atoms with van der Waals surface area (Å²) in [6.45, 7) is -2.96. The molecular weight excluding hydrogens is 256 g/mol. The maximum atomic E-state index is 12.3. The zero-order valence-electron chi connectivity index (χ0n) is 9.47. The zero-order chi connectivity index (χ0) is 13.4. The van der Waals surface area contributed by atoms with Crippen LogP contribution in [0.15, 0.2) is 35.0 Å². The monoisotopic (exact) mass is 263 g/mol. The van der Waals surface area contributed by atoms with Crippen molar-refractivity contribution >= 4 is 28.2 Å². The van der Waals surface area contributed by atoms with Gasteiger partial charge in [0.1, 0.15) is 0 Å². The molecular formula is C13H7F2NO3. The molecule has 96 valence electrons. The van der Waals surface area contributed by atoms with Crippen molar-refractivity contribution in [3.63, 3.8) is 0 Å². The van der Waals surface area contributed by atoms with Crippen molar-refractivity contribution in [3.8, 4) is 5.75 Å². The average molecular weight is 263 g/mol. The molecule has 0 fully saturated rings. The molecule has 0 spiro atoms. The third-order valence-electron chi connectivity index (χ3n) is 2.76. The van der Waals surface area contributed by atoms with Crippen LogP contribution in [0, 0.1) is 0 Å². The first-order valence-corrected chi connectivity index (χ1v) is 5.40. The van der Waals surface area contributed by atoms with E-state index in [2.05, 4.69) is 9.72 Å². The van der Waals surface area contributed by atoms with Crippen LogP contribution in [0.5, 0.6) is 5.75 Å². The second-order valence-electron chi connectivity index (χ2n) is 3.83. The van der Waals surface area contributed by atoms with E-state index >= 15 is 0 Å². The van der Waals surface area contributed by atoms with E-state index in [4.69, 9.17) is 4.42 Å². The molecule has 1 aromatic carbocycles. The predicted molar refractivity (Wildman–Crippen MR) is 63.5 cm³/mol. The highest BCUT2D eigenvalue weighted by Crippen LogP contribution is 2.36. The number of carbonyl (C=O) groups is 1. The molecule has 0 bridgehead atoms. The maximum absolute atomic E-state index is 12.3. The molecule has 0 saturated carbocycles. The van der Waals surface area contributed by atoms with E-state index in [1.54, 1.807) is 6.07 Å². The fourth-order valence-electron chi connectivity index (χ4n) is 2.02. The van der Waals surface area contributed by atoms with Crippen LogP contribution in [0.2, 0.25) is 0 Å². The van der Waals surface area contributed by atoms with Gasteiger partial charge in [-0.3, -0.25) is 9.78 Å². The molecule has 2 heterocycles. The number of carbonyl (C=O) groups excluding carboxylic acids is 1. The van der Waals surface area contributed by atoms with Crippen LogP contribution in [-0.4, -0.2) is 17.9 Å². The molecule has 0 radical (unpaired) electrons. The Hall–Kier alpha value is -2.50. The molecule has 0 N–H and O–H groups in total. The third kappa shape index (κ3) is 1.81. The molecule has 0 unspecified atom stereocenters. The van der Waals surface area contributed by atoms with Gasteiger partial charge in [-0.05, 0) is 18.2 Å². The van der Waals surface area contributed by atoms with Gasteiger partial charge in [0.15, 0.2) is 23.2 Å². The van der Waals surface area contributed by atoms with Gasteiger partial charge in [0.05, 0.1) is 6.20 Å². The van der Waals surface area contributed by atoms with Crippen molar-refractivity contribution in [2.75, 3.05) is 0 Å². The summed E-state index contributed by atoms with van der Waals surface area (Å²) in [4.78, 5) is 14.9. The Morgan fingerprint density at radius 3 is 2.89 bits per heavy atom. The molecule has 0 aliphatic heterocycles. The Kier molecular flexibility index (Phi) is 2.63. The number of ether oxygens (including phenoxy) is 1. The van der Waals surface area contributed by atoms with Crippen molar-refractivity contribution in [2.24, 2.45) is 0 Å². The second-order valence-corrected chi connectivity index (χ2v) is 3.83. The molecule has 19 heavy (non-hydrogen) atoms. The summed E-state index contributed by atoms with van der Waals surface area (Å²) < 4.78 is 34.5. The highest BCUT2D eigenvalue weighted by atomic mass is 19.3. The largest absolute Gasteiger partial charge is 0.450 e. The Bertz CT molecular complexity index is 767. The van der Waals surface area contributed by atoms with Crippen molar-refractivity contribution in [1.82, 2.24) is 4.98 Å². The van der Waals surface area contributed by atoms with Gasteiger partial charge in [0, 0.05) is 22.5 Å². The molecule has 0 aliphatic carbocycles. The van der Waals surface area contributed by atoms with Crippen LogP contribution in [0.4, 0.5) is 8.78 Å². The predicted octanol–water partition coefficient (Wildman–Crippen LogP) is 3.39. The van der Waals surface area contributed by atoms with Crippen molar-refractivity contribution in [3.05, 3.63) is 36.2 Å². The van der Waals surface area contributed by atoms with Gasteiger partial charge in [-0.15, -0.1) is 0 Å². The summed E-state index contributed by atoms with van der Waals surface area (Å²) in [6.07, 6.45) is 3.63. The summed E-state index contributed by atoms with van der Waals surface area (Å²) >= 11 is 0. The Morgan fingerprint density at radius 2 is 2.16 bits per heavy atom. The van der Waals surface area contributed by atoms with Gasteiger partial charge in [-0.25, -0.2) is 0 Å². The maximum Gasteiger partial charge on any atom is 0.387 e. The van der Waals surface area contributed by atoms with E-state index in [1.165, 1.54) is 24.5 Å². The van der Waals surface area contributed by atoms with Crippen LogP contribution < -0.4 is 4.74 Å². The van der Waals surface area contributed by atoms with Crippen molar-refractivity contribution < 1.29 is 22.7 Å². The van der Waals surface area contributed by atoms with Gasteiger partial charge in [-0.2, -0.15) is 8.78 Å². The second kappa shape index (κ2) is 4.31. The SMILES string of the molecule is O=Cc1ccc(OC(F)F)c2oc3cnccc3c12. The van der Waals surface area contributed by atoms with Gasteiger partial charge < -0.3 is 9.15 Å². The van der Waals surface area contributed by atoms with E-state index in [0.717, 1.165) is 0 Å². The number of furan rings is 1. The highest BCUT2D eigenvalue weighted by Gasteiger charge is 2.17. The number of rotatable bonds is 3. The molecule has 0 amide bonds. The number of hydrogen-bond acceptors (Lipinski definition) is 4. The molecule has 3 aromatic rings. The first kappa shape index (κ1) is 11.6. The first-order chi connectivity index (χ1) is 9.20. The summed E-state index contributed by atoms with van der Waals surface area (Å²) in [6, 6.07) is 4.36. The van der Waals surface area contributed by atoms with E-state index < -0.39 is 6.61 Å². The van der Waals surface area contributed by atoms with Crippen molar-refractivity contribution in [1.29, 1.82) is 0 Å². The van der Waals surface area contributed by atoms with E-state index in [-0.39, 0.29) is 11.3 Å². The third-order valence-corrected chi connectivity index (χ3v) is 2.76.